The average molecular weight is 321 g/mol. The van der Waals surface area contributed by atoms with Gasteiger partial charge in [0.25, 0.3) is 0 Å². The Kier molecular flexibility index (Phi) is 4.59. The van der Waals surface area contributed by atoms with E-state index < -0.39 is 5.97 Å². The van der Waals surface area contributed by atoms with E-state index in [4.69, 9.17) is 5.11 Å². The summed E-state index contributed by atoms with van der Waals surface area (Å²) in [5.74, 6) is 0.310. The Morgan fingerprint density at radius 3 is 2.68 bits per heavy atom. The molecule has 1 aliphatic carbocycles. The zero-order valence-electron chi connectivity index (χ0n) is 10.8. The van der Waals surface area contributed by atoms with Gasteiger partial charge in [0.15, 0.2) is 0 Å². The predicted octanol–water partition coefficient (Wildman–Crippen LogP) is 4.53. The number of hydrogen-bond acceptors (Lipinski definition) is 1. The van der Waals surface area contributed by atoms with Gasteiger partial charge in [-0.3, -0.25) is 0 Å². The number of aliphatic carboxylic acids is 1. The molecule has 3 heteroatoms. The number of hydrogen-bond donors (Lipinski definition) is 1. The molecule has 0 radical (unpaired) electrons. The van der Waals surface area contributed by atoms with E-state index in [0.29, 0.717) is 23.8 Å². The SMILES string of the molecule is CC/C(=C\C=C\C1CC1c1ccc(Br)cc1)C(=O)O. The molecule has 1 aromatic rings. The van der Waals surface area contributed by atoms with Gasteiger partial charge < -0.3 is 5.11 Å². The highest BCUT2D eigenvalue weighted by atomic mass is 79.9. The molecule has 1 aliphatic rings. The minimum atomic E-state index is -0.826. The Hall–Kier alpha value is -1.35. The number of rotatable bonds is 5. The standard InChI is InChI=1S/C16H17BrO2/c1-2-11(16(18)19)4-3-5-13-10-15(13)12-6-8-14(17)9-7-12/h3-9,13,15H,2,10H2,1H3,(H,18,19)/b5-3+,11-4+. The van der Waals surface area contributed by atoms with Gasteiger partial charge in [-0.25, -0.2) is 4.79 Å². The van der Waals surface area contributed by atoms with E-state index in [0.717, 1.165) is 10.9 Å². The summed E-state index contributed by atoms with van der Waals surface area (Å²) in [6, 6.07) is 8.42. The molecule has 1 aromatic carbocycles. The van der Waals surface area contributed by atoms with Gasteiger partial charge in [-0.05, 0) is 42.4 Å². The van der Waals surface area contributed by atoms with Gasteiger partial charge in [0.2, 0.25) is 0 Å². The lowest BCUT2D eigenvalue weighted by atomic mass is 10.1. The molecule has 2 unspecified atom stereocenters. The highest BCUT2D eigenvalue weighted by Crippen LogP contribution is 2.48. The van der Waals surface area contributed by atoms with Gasteiger partial charge in [0, 0.05) is 10.0 Å². The zero-order chi connectivity index (χ0) is 13.8. The van der Waals surface area contributed by atoms with Crippen LogP contribution in [0.25, 0.3) is 0 Å². The minimum absolute atomic E-state index is 0.456. The maximum absolute atomic E-state index is 10.8. The van der Waals surface area contributed by atoms with Gasteiger partial charge in [0.05, 0.1) is 0 Å². The van der Waals surface area contributed by atoms with Crippen LogP contribution in [-0.4, -0.2) is 11.1 Å². The van der Waals surface area contributed by atoms with Crippen molar-refractivity contribution in [2.45, 2.75) is 25.7 Å². The second-order valence-corrected chi connectivity index (χ2v) is 5.71. The number of carboxylic acids is 1. The maximum atomic E-state index is 10.8. The van der Waals surface area contributed by atoms with Crippen LogP contribution in [0.4, 0.5) is 0 Å². The molecule has 100 valence electrons. The highest BCUT2D eigenvalue weighted by molar-refractivity contribution is 9.10. The Balaban J connectivity index is 1.93. The molecule has 0 aliphatic heterocycles. The summed E-state index contributed by atoms with van der Waals surface area (Å²) >= 11 is 3.43. The molecule has 19 heavy (non-hydrogen) atoms. The molecular formula is C16H17BrO2. The van der Waals surface area contributed by atoms with Gasteiger partial charge >= 0.3 is 5.97 Å². The van der Waals surface area contributed by atoms with Crippen molar-refractivity contribution in [2.75, 3.05) is 0 Å². The van der Waals surface area contributed by atoms with Crippen LogP contribution in [0.1, 0.15) is 31.2 Å². The summed E-state index contributed by atoms with van der Waals surface area (Å²) in [6.07, 6.45) is 7.42. The first-order valence-electron chi connectivity index (χ1n) is 6.48. The van der Waals surface area contributed by atoms with E-state index in [1.54, 1.807) is 6.08 Å². The van der Waals surface area contributed by atoms with Crippen LogP contribution in [-0.2, 0) is 4.79 Å². The Labute approximate surface area is 122 Å². The van der Waals surface area contributed by atoms with E-state index in [2.05, 4.69) is 46.3 Å². The molecule has 1 fully saturated rings. The van der Waals surface area contributed by atoms with Crippen molar-refractivity contribution in [3.8, 4) is 0 Å². The van der Waals surface area contributed by atoms with Crippen LogP contribution in [0.15, 0.2) is 52.5 Å². The lowest BCUT2D eigenvalue weighted by Crippen LogP contribution is -1.98. The molecule has 0 spiro atoms. The fourth-order valence-electron chi connectivity index (χ4n) is 2.18. The molecule has 2 atom stereocenters. The van der Waals surface area contributed by atoms with Crippen molar-refractivity contribution in [1.82, 2.24) is 0 Å². The molecular weight excluding hydrogens is 304 g/mol. The predicted molar refractivity (Wildman–Crippen MR) is 80.1 cm³/mol. The Morgan fingerprint density at radius 2 is 2.11 bits per heavy atom. The first kappa shape index (κ1) is 14.1. The summed E-state index contributed by atoms with van der Waals surface area (Å²) in [4.78, 5) is 10.8. The first-order valence-corrected chi connectivity index (χ1v) is 7.27. The fourth-order valence-corrected chi connectivity index (χ4v) is 2.44. The Morgan fingerprint density at radius 1 is 1.42 bits per heavy atom. The number of benzene rings is 1. The summed E-state index contributed by atoms with van der Waals surface area (Å²) in [5.41, 5.74) is 1.81. The topological polar surface area (TPSA) is 37.3 Å². The monoisotopic (exact) mass is 320 g/mol. The molecule has 1 N–H and O–H groups in total. The maximum Gasteiger partial charge on any atom is 0.331 e. The molecule has 1 saturated carbocycles. The molecule has 0 amide bonds. The summed E-state index contributed by atoms with van der Waals surface area (Å²) in [6.45, 7) is 1.86. The van der Waals surface area contributed by atoms with E-state index >= 15 is 0 Å². The van der Waals surface area contributed by atoms with E-state index in [9.17, 15) is 4.79 Å². The lowest BCUT2D eigenvalue weighted by Gasteiger charge is -1.98. The number of carbonyl (C=O) groups is 1. The van der Waals surface area contributed by atoms with Gasteiger partial charge in [0.1, 0.15) is 0 Å². The van der Waals surface area contributed by atoms with Gasteiger partial charge in [-0.2, -0.15) is 0 Å². The molecule has 2 rings (SSSR count). The van der Waals surface area contributed by atoms with Crippen molar-refractivity contribution < 1.29 is 9.90 Å². The van der Waals surface area contributed by atoms with E-state index in [1.807, 2.05) is 13.0 Å². The lowest BCUT2D eigenvalue weighted by molar-refractivity contribution is -0.132. The molecule has 0 aromatic heterocycles. The normalized spacial score (nSPS) is 22.7. The van der Waals surface area contributed by atoms with Crippen molar-refractivity contribution in [3.63, 3.8) is 0 Å². The quantitative estimate of drug-likeness (QED) is 0.639. The summed E-state index contributed by atoms with van der Waals surface area (Å²) in [7, 11) is 0. The zero-order valence-corrected chi connectivity index (χ0v) is 12.4. The average Bonchev–Trinajstić information content (AvgIpc) is 3.14. The van der Waals surface area contributed by atoms with E-state index in [-0.39, 0.29) is 0 Å². The van der Waals surface area contributed by atoms with Gasteiger partial charge in [-0.15, -0.1) is 0 Å². The Bertz CT molecular complexity index is 514. The first-order chi connectivity index (χ1) is 9.11. The third kappa shape index (κ3) is 3.80. The third-order valence-electron chi connectivity index (χ3n) is 3.45. The van der Waals surface area contributed by atoms with Crippen LogP contribution >= 0.6 is 15.9 Å². The summed E-state index contributed by atoms with van der Waals surface area (Å²) < 4.78 is 1.10. The van der Waals surface area contributed by atoms with Crippen LogP contribution < -0.4 is 0 Å². The second-order valence-electron chi connectivity index (χ2n) is 4.79. The van der Waals surface area contributed by atoms with Gasteiger partial charge in [-0.1, -0.05) is 53.2 Å². The number of allylic oxidation sites excluding steroid dienone is 3. The fraction of sp³-hybridized carbons (Fsp3) is 0.312. The van der Waals surface area contributed by atoms with Crippen molar-refractivity contribution in [1.29, 1.82) is 0 Å². The van der Waals surface area contributed by atoms with Crippen LogP contribution in [0, 0.1) is 5.92 Å². The van der Waals surface area contributed by atoms with Crippen molar-refractivity contribution in [3.05, 3.63) is 58.1 Å². The van der Waals surface area contributed by atoms with Crippen LogP contribution in [0.5, 0.6) is 0 Å². The van der Waals surface area contributed by atoms with Crippen molar-refractivity contribution in [2.24, 2.45) is 5.92 Å². The molecule has 2 nitrogen and oxygen atoms in total. The van der Waals surface area contributed by atoms with Crippen molar-refractivity contribution >= 4 is 21.9 Å². The molecule has 0 heterocycles. The molecule has 0 bridgehead atoms. The van der Waals surface area contributed by atoms with E-state index in [1.165, 1.54) is 5.56 Å². The molecule has 0 saturated heterocycles. The van der Waals surface area contributed by atoms with Crippen LogP contribution in [0.2, 0.25) is 0 Å². The largest absolute Gasteiger partial charge is 0.478 e. The number of halogens is 1. The third-order valence-corrected chi connectivity index (χ3v) is 3.98. The number of carboxylic acid groups (broad SMARTS) is 1. The highest BCUT2D eigenvalue weighted by Gasteiger charge is 2.35. The smallest absolute Gasteiger partial charge is 0.331 e. The second kappa shape index (κ2) is 6.20. The minimum Gasteiger partial charge on any atom is -0.478 e. The summed E-state index contributed by atoms with van der Waals surface area (Å²) in [5, 5.41) is 8.90. The van der Waals surface area contributed by atoms with Crippen LogP contribution in [0.3, 0.4) is 0 Å².